The lowest BCUT2D eigenvalue weighted by molar-refractivity contribution is 0.299. The lowest BCUT2D eigenvalue weighted by atomic mass is 10.2. The summed E-state index contributed by atoms with van der Waals surface area (Å²) in [6.45, 7) is 4.74. The van der Waals surface area contributed by atoms with E-state index in [4.69, 9.17) is 22.0 Å². The van der Waals surface area contributed by atoms with Crippen LogP contribution >= 0.6 is 11.6 Å². The van der Waals surface area contributed by atoms with Gasteiger partial charge >= 0.3 is 0 Å². The number of nitriles is 1. The van der Waals surface area contributed by atoms with Crippen LogP contribution in [0.4, 0.5) is 5.69 Å². The Morgan fingerprint density at radius 3 is 2.62 bits per heavy atom. The Hall–Kier alpha value is -1.24. The molecule has 0 fully saturated rings. The number of nitrogens with zero attached hydrogens (tertiary/aromatic N) is 2. The van der Waals surface area contributed by atoms with Crippen molar-refractivity contribution in [1.29, 1.82) is 5.26 Å². The van der Waals surface area contributed by atoms with Crippen LogP contribution < -0.4 is 4.90 Å². The number of anilines is 1. The first-order valence-electron chi connectivity index (χ1n) is 5.17. The van der Waals surface area contributed by atoms with Crippen LogP contribution in [0.5, 0.6) is 0 Å². The van der Waals surface area contributed by atoms with E-state index >= 15 is 0 Å². The van der Waals surface area contributed by atoms with Gasteiger partial charge in [-0.1, -0.05) is 11.6 Å². The van der Waals surface area contributed by atoms with Gasteiger partial charge in [-0.3, -0.25) is 0 Å². The van der Waals surface area contributed by atoms with Crippen molar-refractivity contribution in [2.75, 3.05) is 18.1 Å². The molecule has 86 valence electrons. The number of hydrogen-bond acceptors (Lipinski definition) is 3. The molecule has 0 unspecified atom stereocenters. The van der Waals surface area contributed by atoms with E-state index in [-0.39, 0.29) is 12.6 Å². The summed E-state index contributed by atoms with van der Waals surface area (Å²) in [6, 6.07) is 7.60. The third-order valence-corrected chi connectivity index (χ3v) is 2.68. The van der Waals surface area contributed by atoms with E-state index in [0.29, 0.717) is 17.1 Å². The van der Waals surface area contributed by atoms with Gasteiger partial charge in [-0.25, -0.2) is 0 Å². The van der Waals surface area contributed by atoms with E-state index in [1.807, 2.05) is 30.9 Å². The first-order valence-corrected chi connectivity index (χ1v) is 5.55. The molecular formula is C12H15ClN2O. The number of aliphatic hydroxyl groups excluding tert-OH is 1. The highest BCUT2D eigenvalue weighted by Gasteiger charge is 2.11. The quantitative estimate of drug-likeness (QED) is 0.877. The topological polar surface area (TPSA) is 47.3 Å². The summed E-state index contributed by atoms with van der Waals surface area (Å²) >= 11 is 5.97. The van der Waals surface area contributed by atoms with E-state index in [2.05, 4.69) is 0 Å². The Morgan fingerprint density at radius 1 is 1.50 bits per heavy atom. The van der Waals surface area contributed by atoms with Crippen LogP contribution in [0.1, 0.15) is 19.4 Å². The van der Waals surface area contributed by atoms with Crippen molar-refractivity contribution in [2.45, 2.75) is 19.9 Å². The van der Waals surface area contributed by atoms with Gasteiger partial charge in [-0.05, 0) is 32.0 Å². The Bertz CT molecular complexity index is 398. The number of benzene rings is 1. The Labute approximate surface area is 101 Å². The smallest absolute Gasteiger partial charge is 0.101 e. The molecule has 0 spiro atoms. The maximum absolute atomic E-state index is 8.99. The van der Waals surface area contributed by atoms with Gasteiger partial charge in [-0.2, -0.15) is 5.26 Å². The van der Waals surface area contributed by atoms with Crippen LogP contribution in [0.2, 0.25) is 5.02 Å². The molecule has 1 aromatic carbocycles. The van der Waals surface area contributed by atoms with Gasteiger partial charge in [0.05, 0.1) is 17.2 Å². The second kappa shape index (κ2) is 5.74. The maximum atomic E-state index is 8.99. The van der Waals surface area contributed by atoms with E-state index in [0.717, 1.165) is 5.69 Å². The molecule has 1 aromatic rings. The second-order valence-corrected chi connectivity index (χ2v) is 4.19. The molecular weight excluding hydrogens is 224 g/mol. The first kappa shape index (κ1) is 12.8. The molecule has 16 heavy (non-hydrogen) atoms. The van der Waals surface area contributed by atoms with Gasteiger partial charge in [-0.15, -0.1) is 0 Å². The third kappa shape index (κ3) is 2.88. The molecule has 1 rings (SSSR count). The Balaban J connectivity index is 3.03. The summed E-state index contributed by atoms with van der Waals surface area (Å²) in [5, 5.41) is 18.2. The summed E-state index contributed by atoms with van der Waals surface area (Å²) < 4.78 is 0. The van der Waals surface area contributed by atoms with Crippen molar-refractivity contribution >= 4 is 17.3 Å². The summed E-state index contributed by atoms with van der Waals surface area (Å²) in [5.74, 6) is 0. The highest BCUT2D eigenvalue weighted by molar-refractivity contribution is 6.32. The molecule has 0 saturated carbocycles. The minimum absolute atomic E-state index is 0.0931. The molecule has 0 atom stereocenters. The van der Waals surface area contributed by atoms with Gasteiger partial charge in [0.2, 0.25) is 0 Å². The molecule has 0 aliphatic carbocycles. The molecule has 0 aliphatic heterocycles. The van der Waals surface area contributed by atoms with Crippen molar-refractivity contribution in [2.24, 2.45) is 0 Å². The summed E-state index contributed by atoms with van der Waals surface area (Å²) in [6.07, 6.45) is 0. The van der Waals surface area contributed by atoms with E-state index in [9.17, 15) is 0 Å². The normalized spacial score (nSPS) is 10.2. The molecule has 1 N–H and O–H groups in total. The van der Waals surface area contributed by atoms with Gasteiger partial charge < -0.3 is 10.0 Å². The van der Waals surface area contributed by atoms with Crippen LogP contribution in [0, 0.1) is 11.3 Å². The average Bonchev–Trinajstić information content (AvgIpc) is 2.25. The maximum Gasteiger partial charge on any atom is 0.101 e. The predicted octanol–water partition coefficient (Wildman–Crippen LogP) is 2.42. The number of hydrogen-bond donors (Lipinski definition) is 1. The zero-order valence-electron chi connectivity index (χ0n) is 9.44. The molecule has 0 heterocycles. The summed E-state index contributed by atoms with van der Waals surface area (Å²) in [7, 11) is 0. The minimum atomic E-state index is 0.0931. The van der Waals surface area contributed by atoms with Gasteiger partial charge in [0, 0.05) is 18.3 Å². The standard InChI is InChI=1S/C12H15ClN2O/c1-9(2)15(5-6-16)11-4-3-10(8-14)12(13)7-11/h3-4,7,9,16H,5-6H2,1-2H3. The van der Waals surface area contributed by atoms with Crippen LogP contribution in [-0.4, -0.2) is 24.3 Å². The molecule has 0 aliphatic rings. The number of rotatable bonds is 4. The number of halogens is 1. The van der Waals surface area contributed by atoms with Gasteiger partial charge in [0.15, 0.2) is 0 Å². The molecule has 0 amide bonds. The minimum Gasteiger partial charge on any atom is -0.395 e. The van der Waals surface area contributed by atoms with E-state index in [1.165, 1.54) is 0 Å². The van der Waals surface area contributed by atoms with Crippen LogP contribution in [0.15, 0.2) is 18.2 Å². The largest absolute Gasteiger partial charge is 0.395 e. The van der Waals surface area contributed by atoms with Crippen molar-refractivity contribution < 1.29 is 5.11 Å². The summed E-state index contributed by atoms with van der Waals surface area (Å²) in [5.41, 5.74) is 1.39. The SMILES string of the molecule is CC(C)N(CCO)c1ccc(C#N)c(Cl)c1. The predicted molar refractivity (Wildman–Crippen MR) is 65.7 cm³/mol. The highest BCUT2D eigenvalue weighted by Crippen LogP contribution is 2.24. The van der Waals surface area contributed by atoms with Crippen molar-refractivity contribution in [3.63, 3.8) is 0 Å². The van der Waals surface area contributed by atoms with Crippen molar-refractivity contribution in [3.8, 4) is 6.07 Å². The third-order valence-electron chi connectivity index (χ3n) is 2.37. The molecule has 0 aromatic heterocycles. The Kier molecular flexibility index (Phi) is 4.60. The fourth-order valence-electron chi connectivity index (χ4n) is 1.57. The molecule has 4 heteroatoms. The zero-order chi connectivity index (χ0) is 12.1. The molecule has 3 nitrogen and oxygen atoms in total. The molecule has 0 bridgehead atoms. The second-order valence-electron chi connectivity index (χ2n) is 3.79. The van der Waals surface area contributed by atoms with Crippen molar-refractivity contribution in [3.05, 3.63) is 28.8 Å². The average molecular weight is 239 g/mol. The monoisotopic (exact) mass is 238 g/mol. The van der Waals surface area contributed by atoms with Gasteiger partial charge in [0.1, 0.15) is 6.07 Å². The molecule has 0 radical (unpaired) electrons. The fourth-order valence-corrected chi connectivity index (χ4v) is 1.78. The van der Waals surface area contributed by atoms with E-state index in [1.54, 1.807) is 12.1 Å². The lowest BCUT2D eigenvalue weighted by Gasteiger charge is -2.28. The zero-order valence-corrected chi connectivity index (χ0v) is 10.2. The lowest BCUT2D eigenvalue weighted by Crippen LogP contribution is -2.33. The highest BCUT2D eigenvalue weighted by atomic mass is 35.5. The fraction of sp³-hybridized carbons (Fsp3) is 0.417. The first-order chi connectivity index (χ1) is 7.60. The van der Waals surface area contributed by atoms with Crippen LogP contribution in [0.3, 0.4) is 0 Å². The van der Waals surface area contributed by atoms with E-state index < -0.39 is 0 Å². The number of aliphatic hydroxyl groups is 1. The molecule has 0 saturated heterocycles. The van der Waals surface area contributed by atoms with Crippen LogP contribution in [0.25, 0.3) is 0 Å². The summed E-state index contributed by atoms with van der Waals surface area (Å²) in [4.78, 5) is 2.03. The Morgan fingerprint density at radius 2 is 2.19 bits per heavy atom. The van der Waals surface area contributed by atoms with Gasteiger partial charge in [0.25, 0.3) is 0 Å². The van der Waals surface area contributed by atoms with Crippen molar-refractivity contribution in [1.82, 2.24) is 0 Å². The van der Waals surface area contributed by atoms with Crippen LogP contribution in [-0.2, 0) is 0 Å².